The minimum absolute atomic E-state index is 0.0319. The lowest BCUT2D eigenvalue weighted by Crippen LogP contribution is -2.61. The fourth-order valence-electron chi connectivity index (χ4n) is 7.70. The highest BCUT2D eigenvalue weighted by molar-refractivity contribution is 6.38. The molecule has 3 fully saturated rings. The number of Topliss-reactive ketones (excluding diaryl/α,β-unsaturated/α-hetero) is 3. The number of amides is 3. The van der Waals surface area contributed by atoms with Crippen molar-refractivity contribution >= 4 is 35.1 Å². The SMILES string of the molecule is CCC[C@H](CC(=O)[C@@H]1C[C@@H](Oc2c(F)cccc2F)CN1C(=O)[C@@H](NC(=O)[C@@H](NC(=O)c1cnccn1)C1CCCCC1)C(C)(C)C)C(=O)C(=O)CC1CC1. The number of para-hydroxylation sites is 1. The molecule has 2 N–H and O–H groups in total. The maximum Gasteiger partial charge on any atom is 0.272 e. The molecule has 1 aromatic carbocycles. The molecule has 5 atom stereocenters. The molecule has 55 heavy (non-hydrogen) atoms. The van der Waals surface area contributed by atoms with Gasteiger partial charge in [0.1, 0.15) is 23.9 Å². The van der Waals surface area contributed by atoms with E-state index in [1.807, 2.05) is 6.92 Å². The number of benzene rings is 1. The summed E-state index contributed by atoms with van der Waals surface area (Å²) in [7, 11) is 0. The summed E-state index contributed by atoms with van der Waals surface area (Å²) in [6.07, 6.45) is 9.51. The van der Waals surface area contributed by atoms with Gasteiger partial charge in [-0.25, -0.2) is 13.8 Å². The van der Waals surface area contributed by atoms with Crippen molar-refractivity contribution in [3.63, 3.8) is 0 Å². The van der Waals surface area contributed by atoms with Gasteiger partial charge >= 0.3 is 0 Å². The Kier molecular flexibility index (Phi) is 13.9. The Bertz CT molecular complexity index is 1700. The van der Waals surface area contributed by atoms with E-state index in [-0.39, 0.29) is 43.3 Å². The summed E-state index contributed by atoms with van der Waals surface area (Å²) in [4.78, 5) is 91.8. The van der Waals surface area contributed by atoms with Crippen LogP contribution in [0.4, 0.5) is 8.78 Å². The zero-order valence-electron chi connectivity index (χ0n) is 32.2. The summed E-state index contributed by atoms with van der Waals surface area (Å²) >= 11 is 0. The van der Waals surface area contributed by atoms with Crippen LogP contribution in [0, 0.1) is 34.8 Å². The molecule has 1 aromatic heterocycles. The number of aromatic nitrogens is 2. The molecular formula is C41H53F2N5O7. The topological polar surface area (TPSA) is 165 Å². The van der Waals surface area contributed by atoms with Crippen molar-refractivity contribution in [2.75, 3.05) is 6.54 Å². The van der Waals surface area contributed by atoms with E-state index < -0.39 is 88.0 Å². The molecule has 12 nitrogen and oxygen atoms in total. The summed E-state index contributed by atoms with van der Waals surface area (Å²) in [6, 6.07) is -0.128. The van der Waals surface area contributed by atoms with Crippen LogP contribution in [0.3, 0.4) is 0 Å². The average molecular weight is 766 g/mol. The van der Waals surface area contributed by atoms with Crippen molar-refractivity contribution in [3.8, 4) is 5.75 Å². The molecule has 2 heterocycles. The van der Waals surface area contributed by atoms with Gasteiger partial charge in [0.2, 0.25) is 17.6 Å². The van der Waals surface area contributed by atoms with Gasteiger partial charge in [-0.05, 0) is 61.5 Å². The minimum Gasteiger partial charge on any atom is -0.482 e. The summed E-state index contributed by atoms with van der Waals surface area (Å²) in [5.74, 6) is -6.84. The zero-order valence-corrected chi connectivity index (χ0v) is 32.2. The van der Waals surface area contributed by atoms with Gasteiger partial charge in [0, 0.05) is 37.6 Å². The van der Waals surface area contributed by atoms with Gasteiger partial charge in [-0.3, -0.25) is 33.8 Å². The molecule has 1 aliphatic heterocycles. The number of hydrogen-bond donors (Lipinski definition) is 2. The molecule has 1 saturated heterocycles. The quantitative estimate of drug-likeness (QED) is 0.203. The van der Waals surface area contributed by atoms with Crippen LogP contribution >= 0.6 is 0 Å². The first-order valence-corrected chi connectivity index (χ1v) is 19.6. The van der Waals surface area contributed by atoms with Gasteiger partial charge in [0.25, 0.3) is 5.91 Å². The molecule has 0 radical (unpaired) electrons. The predicted octanol–water partition coefficient (Wildman–Crippen LogP) is 5.33. The van der Waals surface area contributed by atoms with E-state index in [9.17, 15) is 37.5 Å². The number of halogens is 2. The second kappa shape index (κ2) is 18.3. The summed E-state index contributed by atoms with van der Waals surface area (Å²) < 4.78 is 35.2. The molecule has 14 heteroatoms. The lowest BCUT2D eigenvalue weighted by Gasteiger charge is -2.37. The summed E-state index contributed by atoms with van der Waals surface area (Å²) in [5.41, 5.74) is -0.886. The number of carbonyl (C=O) groups excluding carboxylic acids is 6. The van der Waals surface area contributed by atoms with Crippen LogP contribution in [-0.4, -0.2) is 80.7 Å². The van der Waals surface area contributed by atoms with E-state index in [0.717, 1.165) is 44.2 Å². The van der Waals surface area contributed by atoms with Crippen LogP contribution in [0.1, 0.15) is 115 Å². The highest BCUT2D eigenvalue weighted by Gasteiger charge is 2.47. The number of ether oxygens (including phenoxy) is 1. The fraction of sp³-hybridized carbons (Fsp3) is 0.610. The second-order valence-corrected chi connectivity index (χ2v) is 16.4. The van der Waals surface area contributed by atoms with Crippen LogP contribution in [0.15, 0.2) is 36.8 Å². The Hall–Kier alpha value is -4.62. The Morgan fingerprint density at radius 2 is 1.65 bits per heavy atom. The zero-order chi connectivity index (χ0) is 39.9. The van der Waals surface area contributed by atoms with Crippen molar-refractivity contribution in [2.45, 2.75) is 129 Å². The lowest BCUT2D eigenvalue weighted by atomic mass is 9.82. The second-order valence-electron chi connectivity index (χ2n) is 16.4. The minimum atomic E-state index is -1.22. The smallest absolute Gasteiger partial charge is 0.272 e. The van der Waals surface area contributed by atoms with Crippen LogP contribution in [0.2, 0.25) is 0 Å². The van der Waals surface area contributed by atoms with E-state index in [4.69, 9.17) is 4.74 Å². The molecule has 3 amide bonds. The Labute approximate surface area is 320 Å². The Balaban J connectivity index is 1.41. The highest BCUT2D eigenvalue weighted by Crippen LogP contribution is 2.35. The van der Waals surface area contributed by atoms with Gasteiger partial charge in [0.15, 0.2) is 29.0 Å². The van der Waals surface area contributed by atoms with E-state index in [1.165, 1.54) is 29.6 Å². The van der Waals surface area contributed by atoms with Gasteiger partial charge in [-0.1, -0.05) is 59.4 Å². The standard InChI is InChI=1S/C41H53F2N5O7/c1-5-10-26(35(51)33(50)19-24-15-16-24)20-32(49)31-21-27(55-36-28(42)13-9-14-29(36)43)23-48(31)40(54)37(41(2,3)4)47-39(53)34(25-11-7-6-8-12-25)46-38(52)30-22-44-17-18-45-30/h9,13-14,17-18,22,24-27,31,34,37H,5-8,10-12,15-16,19-21,23H2,1-4H3,(H,46,52)(H,47,53)/t26-,27-,31+,34+,37-/m1/s1. The number of likely N-dealkylation sites (tertiary alicyclic amines) is 1. The van der Waals surface area contributed by atoms with Gasteiger partial charge in [-0.15, -0.1) is 0 Å². The van der Waals surface area contributed by atoms with Crippen LogP contribution in [0.25, 0.3) is 0 Å². The molecule has 0 spiro atoms. The van der Waals surface area contributed by atoms with E-state index in [0.29, 0.717) is 25.7 Å². The largest absolute Gasteiger partial charge is 0.482 e. The molecule has 2 saturated carbocycles. The van der Waals surface area contributed by atoms with Gasteiger partial charge < -0.3 is 20.3 Å². The average Bonchev–Trinajstić information content (AvgIpc) is 3.88. The molecule has 0 unspecified atom stereocenters. The number of nitrogens with zero attached hydrogens (tertiary/aromatic N) is 3. The molecular weight excluding hydrogens is 712 g/mol. The number of hydrogen-bond acceptors (Lipinski definition) is 9. The number of carbonyl (C=O) groups is 6. The first-order chi connectivity index (χ1) is 26.2. The summed E-state index contributed by atoms with van der Waals surface area (Å²) in [5, 5.41) is 5.72. The van der Waals surface area contributed by atoms with Crippen molar-refractivity contribution in [1.82, 2.24) is 25.5 Å². The third-order valence-corrected chi connectivity index (χ3v) is 10.9. The lowest BCUT2D eigenvalue weighted by molar-refractivity contribution is -0.145. The first-order valence-electron chi connectivity index (χ1n) is 19.6. The monoisotopic (exact) mass is 765 g/mol. The van der Waals surface area contributed by atoms with Crippen molar-refractivity contribution < 1.29 is 42.3 Å². The van der Waals surface area contributed by atoms with E-state index in [2.05, 4.69) is 20.6 Å². The number of rotatable bonds is 17. The number of nitrogens with one attached hydrogen (secondary N) is 2. The van der Waals surface area contributed by atoms with E-state index >= 15 is 0 Å². The third kappa shape index (κ3) is 10.8. The van der Waals surface area contributed by atoms with Crippen molar-refractivity contribution in [1.29, 1.82) is 0 Å². The maximum absolute atomic E-state index is 14.7. The van der Waals surface area contributed by atoms with Crippen LogP contribution in [0.5, 0.6) is 5.75 Å². The first kappa shape index (κ1) is 41.5. The fourth-order valence-corrected chi connectivity index (χ4v) is 7.70. The van der Waals surface area contributed by atoms with Crippen LogP contribution < -0.4 is 15.4 Å². The third-order valence-electron chi connectivity index (χ3n) is 10.9. The maximum atomic E-state index is 14.7. The van der Waals surface area contributed by atoms with Gasteiger partial charge in [0.05, 0.1) is 18.8 Å². The molecule has 298 valence electrons. The van der Waals surface area contributed by atoms with Crippen molar-refractivity contribution in [2.24, 2.45) is 23.2 Å². The normalized spacial score (nSPS) is 20.6. The Morgan fingerprint density at radius 3 is 2.25 bits per heavy atom. The molecule has 3 aliphatic rings. The van der Waals surface area contributed by atoms with Gasteiger partial charge in [-0.2, -0.15) is 0 Å². The molecule has 2 aromatic rings. The number of ketones is 3. The highest BCUT2D eigenvalue weighted by atomic mass is 19.1. The summed E-state index contributed by atoms with van der Waals surface area (Å²) in [6.45, 7) is 6.86. The molecule has 0 bridgehead atoms. The van der Waals surface area contributed by atoms with Crippen molar-refractivity contribution in [3.05, 3.63) is 54.1 Å². The Morgan fingerprint density at radius 1 is 0.964 bits per heavy atom. The van der Waals surface area contributed by atoms with E-state index in [1.54, 1.807) is 20.8 Å². The predicted molar refractivity (Wildman–Crippen MR) is 198 cm³/mol. The molecule has 5 rings (SSSR count). The van der Waals surface area contributed by atoms with Crippen LogP contribution in [-0.2, 0) is 24.0 Å². The molecule has 2 aliphatic carbocycles.